The summed E-state index contributed by atoms with van der Waals surface area (Å²) in [5.74, 6) is 0.0178. The summed E-state index contributed by atoms with van der Waals surface area (Å²) in [5, 5.41) is 13.5. The van der Waals surface area contributed by atoms with E-state index >= 15 is 0 Å². The van der Waals surface area contributed by atoms with Gasteiger partial charge in [0.25, 0.3) is 0 Å². The Hall–Kier alpha value is -1.46. The van der Waals surface area contributed by atoms with Gasteiger partial charge in [0.15, 0.2) is 0 Å². The highest BCUT2D eigenvalue weighted by molar-refractivity contribution is 7.15. The lowest BCUT2D eigenvalue weighted by atomic mass is 9.64. The van der Waals surface area contributed by atoms with Crippen molar-refractivity contribution in [3.05, 3.63) is 39.9 Å². The average Bonchev–Trinajstić information content (AvgIpc) is 2.93. The highest BCUT2D eigenvalue weighted by Crippen LogP contribution is 2.45. The van der Waals surface area contributed by atoms with E-state index in [0.29, 0.717) is 10.2 Å². The van der Waals surface area contributed by atoms with E-state index in [2.05, 4.69) is 22.4 Å². The number of hydrogen-bond donors (Lipinski definition) is 1. The maximum Gasteiger partial charge on any atom is 0.236 e. The lowest BCUT2D eigenvalue weighted by Gasteiger charge is -2.40. The molecule has 1 aliphatic rings. The molecule has 2 aromatic rings. The van der Waals surface area contributed by atoms with Crippen molar-refractivity contribution in [2.75, 3.05) is 5.32 Å². The summed E-state index contributed by atoms with van der Waals surface area (Å²) in [7, 11) is 0. The van der Waals surface area contributed by atoms with Crippen molar-refractivity contribution >= 4 is 34.0 Å². The number of halogens is 1. The molecule has 1 aromatic carbocycles. The standard InChI is InChI=1S/C17H20ClN3OS/c1-2-3-5-14-20-21-16(23-14)19-15(22)17(10-4-11-17)12-6-8-13(18)9-7-12/h6-9H,2-5,10-11H2,1H3,(H,19,21,22). The maximum absolute atomic E-state index is 12.8. The van der Waals surface area contributed by atoms with Crippen LogP contribution < -0.4 is 5.32 Å². The number of unbranched alkanes of at least 4 members (excludes halogenated alkanes) is 1. The van der Waals surface area contributed by atoms with E-state index in [4.69, 9.17) is 11.6 Å². The van der Waals surface area contributed by atoms with Crippen LogP contribution >= 0.6 is 22.9 Å². The molecular formula is C17H20ClN3OS. The van der Waals surface area contributed by atoms with Crippen LogP contribution in [0.5, 0.6) is 0 Å². The molecule has 0 saturated heterocycles. The smallest absolute Gasteiger partial charge is 0.236 e. The molecule has 3 rings (SSSR count). The number of nitrogens with zero attached hydrogens (tertiary/aromatic N) is 2. The zero-order chi connectivity index (χ0) is 16.3. The van der Waals surface area contributed by atoms with Crippen LogP contribution in [0.1, 0.15) is 49.6 Å². The first-order chi connectivity index (χ1) is 11.1. The molecule has 122 valence electrons. The maximum atomic E-state index is 12.8. The monoisotopic (exact) mass is 349 g/mol. The molecule has 0 bridgehead atoms. The van der Waals surface area contributed by atoms with Crippen molar-refractivity contribution in [2.45, 2.75) is 50.9 Å². The van der Waals surface area contributed by atoms with E-state index in [-0.39, 0.29) is 5.91 Å². The van der Waals surface area contributed by atoms with Crippen molar-refractivity contribution in [1.82, 2.24) is 10.2 Å². The molecule has 0 spiro atoms. The quantitative estimate of drug-likeness (QED) is 0.829. The molecule has 1 saturated carbocycles. The molecule has 0 unspecified atom stereocenters. The lowest BCUT2D eigenvalue weighted by Crippen LogP contribution is -2.45. The van der Waals surface area contributed by atoms with Gasteiger partial charge < -0.3 is 0 Å². The van der Waals surface area contributed by atoms with E-state index in [9.17, 15) is 4.79 Å². The first kappa shape index (κ1) is 16.4. The largest absolute Gasteiger partial charge is 0.300 e. The molecular weight excluding hydrogens is 330 g/mol. The second-order valence-electron chi connectivity index (χ2n) is 6.00. The summed E-state index contributed by atoms with van der Waals surface area (Å²) in [4.78, 5) is 12.8. The minimum atomic E-state index is -0.445. The van der Waals surface area contributed by atoms with Gasteiger partial charge in [0.1, 0.15) is 5.01 Å². The van der Waals surface area contributed by atoms with Crippen molar-refractivity contribution in [2.24, 2.45) is 0 Å². The second kappa shape index (κ2) is 6.97. The van der Waals surface area contributed by atoms with Crippen LogP contribution in [0.3, 0.4) is 0 Å². The van der Waals surface area contributed by atoms with E-state index in [1.165, 1.54) is 11.3 Å². The highest BCUT2D eigenvalue weighted by Gasteiger charge is 2.45. The number of aryl methyl sites for hydroxylation is 1. The van der Waals surface area contributed by atoms with Gasteiger partial charge in [-0.1, -0.05) is 54.8 Å². The Balaban J connectivity index is 1.73. The number of benzene rings is 1. The van der Waals surface area contributed by atoms with Crippen LogP contribution in [0.15, 0.2) is 24.3 Å². The normalized spacial score (nSPS) is 15.9. The van der Waals surface area contributed by atoms with Gasteiger partial charge in [-0.25, -0.2) is 0 Å². The van der Waals surface area contributed by atoms with Gasteiger partial charge >= 0.3 is 0 Å². The van der Waals surface area contributed by atoms with Gasteiger partial charge in [0, 0.05) is 11.4 Å². The summed E-state index contributed by atoms with van der Waals surface area (Å²) >= 11 is 7.43. The Labute approximate surface area is 145 Å². The predicted octanol–water partition coefficient (Wildman–Crippen LogP) is 4.59. The molecule has 4 nitrogen and oxygen atoms in total. The molecule has 1 fully saturated rings. The third-order valence-electron chi connectivity index (χ3n) is 4.47. The van der Waals surface area contributed by atoms with Crippen LogP contribution in [0.4, 0.5) is 5.13 Å². The second-order valence-corrected chi connectivity index (χ2v) is 7.50. The minimum absolute atomic E-state index is 0.0178. The summed E-state index contributed by atoms with van der Waals surface area (Å²) in [5.41, 5.74) is 0.584. The van der Waals surface area contributed by atoms with Gasteiger partial charge in [0.05, 0.1) is 5.41 Å². The lowest BCUT2D eigenvalue weighted by molar-refractivity contribution is -0.124. The zero-order valence-corrected chi connectivity index (χ0v) is 14.7. The van der Waals surface area contributed by atoms with E-state index in [1.54, 1.807) is 0 Å². The molecule has 1 aromatic heterocycles. The van der Waals surface area contributed by atoms with E-state index in [0.717, 1.165) is 49.1 Å². The summed E-state index contributed by atoms with van der Waals surface area (Å²) in [6.07, 6.45) is 5.93. The van der Waals surface area contributed by atoms with Crippen molar-refractivity contribution in [1.29, 1.82) is 0 Å². The van der Waals surface area contributed by atoms with E-state index in [1.807, 2.05) is 24.3 Å². The van der Waals surface area contributed by atoms with E-state index < -0.39 is 5.41 Å². The van der Waals surface area contributed by atoms with Gasteiger partial charge in [-0.3, -0.25) is 10.1 Å². The van der Waals surface area contributed by atoms with Crippen LogP contribution in [0, 0.1) is 0 Å². The Morgan fingerprint density at radius 3 is 2.65 bits per heavy atom. The first-order valence-electron chi connectivity index (χ1n) is 8.04. The number of rotatable bonds is 6. The number of carbonyl (C=O) groups excluding carboxylic acids is 1. The average molecular weight is 350 g/mol. The minimum Gasteiger partial charge on any atom is -0.300 e. The van der Waals surface area contributed by atoms with Gasteiger partial charge in [-0.2, -0.15) is 0 Å². The van der Waals surface area contributed by atoms with Crippen LogP contribution in [0.25, 0.3) is 0 Å². The molecule has 0 radical (unpaired) electrons. The Bertz CT molecular complexity index is 679. The van der Waals surface area contributed by atoms with Crippen molar-refractivity contribution in [3.8, 4) is 0 Å². The molecule has 1 heterocycles. The molecule has 1 amide bonds. The number of aromatic nitrogens is 2. The fraction of sp³-hybridized carbons (Fsp3) is 0.471. The number of nitrogens with one attached hydrogen (secondary N) is 1. The summed E-state index contributed by atoms with van der Waals surface area (Å²) in [6, 6.07) is 7.60. The topological polar surface area (TPSA) is 54.9 Å². The van der Waals surface area contributed by atoms with Gasteiger partial charge in [-0.05, 0) is 37.0 Å². The summed E-state index contributed by atoms with van der Waals surface area (Å²) < 4.78 is 0. The number of anilines is 1. The van der Waals surface area contributed by atoms with Crippen molar-refractivity contribution < 1.29 is 4.79 Å². The van der Waals surface area contributed by atoms with Crippen LogP contribution in [0.2, 0.25) is 5.02 Å². The van der Waals surface area contributed by atoms with Crippen LogP contribution in [-0.2, 0) is 16.6 Å². The van der Waals surface area contributed by atoms with Gasteiger partial charge in [-0.15, -0.1) is 10.2 Å². The first-order valence-corrected chi connectivity index (χ1v) is 9.23. The SMILES string of the molecule is CCCCc1nnc(NC(=O)C2(c3ccc(Cl)cc3)CCC2)s1. The Morgan fingerprint density at radius 1 is 1.30 bits per heavy atom. The third kappa shape index (κ3) is 3.40. The Morgan fingerprint density at radius 2 is 2.04 bits per heavy atom. The highest BCUT2D eigenvalue weighted by atomic mass is 35.5. The number of carbonyl (C=O) groups is 1. The number of amides is 1. The molecule has 0 atom stereocenters. The molecule has 1 aliphatic carbocycles. The number of hydrogen-bond acceptors (Lipinski definition) is 4. The molecule has 6 heteroatoms. The molecule has 23 heavy (non-hydrogen) atoms. The predicted molar refractivity (Wildman–Crippen MR) is 94.1 cm³/mol. The van der Waals surface area contributed by atoms with Crippen LogP contribution in [-0.4, -0.2) is 16.1 Å². The fourth-order valence-corrected chi connectivity index (χ4v) is 3.80. The van der Waals surface area contributed by atoms with Crippen molar-refractivity contribution in [3.63, 3.8) is 0 Å². The molecule has 1 N–H and O–H groups in total. The zero-order valence-electron chi connectivity index (χ0n) is 13.1. The Kier molecular flexibility index (Phi) is 4.97. The third-order valence-corrected chi connectivity index (χ3v) is 5.62. The summed E-state index contributed by atoms with van der Waals surface area (Å²) in [6.45, 7) is 2.15. The fourth-order valence-electron chi connectivity index (χ4n) is 2.90. The van der Waals surface area contributed by atoms with Gasteiger partial charge in [0.2, 0.25) is 11.0 Å². The molecule has 0 aliphatic heterocycles.